The van der Waals surface area contributed by atoms with Gasteiger partial charge in [0.1, 0.15) is 0 Å². The first kappa shape index (κ1) is 44.0. The van der Waals surface area contributed by atoms with Crippen LogP contribution in [0.1, 0.15) is 122 Å². The van der Waals surface area contributed by atoms with Gasteiger partial charge in [-0.25, -0.2) is 8.42 Å². The Morgan fingerprint density at radius 2 is 1.16 bits per heavy atom. The van der Waals surface area contributed by atoms with Gasteiger partial charge in [0.2, 0.25) is 0 Å². The van der Waals surface area contributed by atoms with Gasteiger partial charge in [-0.3, -0.25) is 4.55 Å². The molecule has 0 aliphatic rings. The third-order valence-corrected chi connectivity index (χ3v) is 9.29. The second-order valence-electron chi connectivity index (χ2n) is 13.5. The van der Waals surface area contributed by atoms with Gasteiger partial charge in [-0.2, -0.15) is 8.42 Å². The van der Waals surface area contributed by atoms with Crippen LogP contribution in [0.4, 0.5) is 0 Å². The number of hydrogen-bond donors (Lipinski definition) is 1. The Bertz CT molecular complexity index is 1000. The van der Waals surface area contributed by atoms with E-state index in [1.165, 1.54) is 96.3 Å². The Morgan fingerprint density at radius 3 is 1.60 bits per heavy atom. The molecule has 45 heavy (non-hydrogen) atoms. The highest BCUT2D eigenvalue weighted by atomic mass is 32.2. The van der Waals surface area contributed by atoms with Crippen LogP contribution in [-0.2, 0) is 36.0 Å². The monoisotopic (exact) mass is 678 g/mol. The quantitative estimate of drug-likeness (QED) is 0.0546. The molecule has 1 aromatic rings. The second kappa shape index (κ2) is 27.0. The van der Waals surface area contributed by atoms with Crippen LogP contribution in [0.2, 0.25) is 0 Å². The fraction of sp³-hybridized carbons (Fsp3) is 0.829. The molecule has 1 aromatic carbocycles. The van der Waals surface area contributed by atoms with Crippen molar-refractivity contribution < 1.29 is 35.3 Å². The maximum absolute atomic E-state index is 12.8. The number of ether oxygens (including phenoxy) is 2. The lowest BCUT2D eigenvalue weighted by atomic mass is 10.0. The first-order valence-corrected chi connectivity index (χ1v) is 21.1. The summed E-state index contributed by atoms with van der Waals surface area (Å²) in [6.45, 7) is 4.53. The van der Waals surface area contributed by atoms with Crippen LogP contribution in [0.5, 0.6) is 0 Å². The summed E-state index contributed by atoms with van der Waals surface area (Å²) >= 11 is 0. The summed E-state index contributed by atoms with van der Waals surface area (Å²) in [6, 6.07) is 9.93. The van der Waals surface area contributed by atoms with Gasteiger partial charge in [0.05, 0.1) is 64.8 Å². The molecule has 8 nitrogen and oxygen atoms in total. The number of sulfone groups is 1. The molecule has 0 aliphatic heterocycles. The van der Waals surface area contributed by atoms with E-state index < -0.39 is 26.1 Å². The molecular formula is C35H68NO7S2+. The molecule has 1 atom stereocenters. The standard InChI is InChI=1S/C34H64NO4S.CH4O3S/c1-5-6-7-8-9-10-11-12-13-14-15-16-17-18-19-23-28-38-31-34(39-30-33-25-21-20-22-26-33)32-40(36,37)29-24-27-35(2,3)4;1-5(2,3)4/h20-22,25-26,34H,5-19,23-24,27-32H2,1-4H3;1H3,(H,2,3,4)/q+1;. The van der Waals surface area contributed by atoms with E-state index in [1.54, 1.807) is 0 Å². The molecule has 1 unspecified atom stereocenters. The molecule has 0 aromatic heterocycles. The first-order valence-electron chi connectivity index (χ1n) is 17.4. The molecule has 0 amide bonds. The molecule has 0 aliphatic carbocycles. The second-order valence-corrected chi connectivity index (χ2v) is 17.2. The highest BCUT2D eigenvalue weighted by molar-refractivity contribution is 7.91. The van der Waals surface area contributed by atoms with E-state index in [2.05, 4.69) is 28.1 Å². The number of quaternary nitrogens is 1. The van der Waals surface area contributed by atoms with E-state index >= 15 is 0 Å². The van der Waals surface area contributed by atoms with Gasteiger partial charge in [0.15, 0.2) is 9.84 Å². The molecule has 266 valence electrons. The van der Waals surface area contributed by atoms with Gasteiger partial charge >= 0.3 is 0 Å². The lowest BCUT2D eigenvalue weighted by Crippen LogP contribution is -2.37. The van der Waals surface area contributed by atoms with Crippen LogP contribution in [0, 0.1) is 0 Å². The van der Waals surface area contributed by atoms with Crippen molar-refractivity contribution in [3.63, 3.8) is 0 Å². The third kappa shape index (κ3) is 35.7. The van der Waals surface area contributed by atoms with Crippen LogP contribution in [0.15, 0.2) is 30.3 Å². The molecule has 0 saturated carbocycles. The van der Waals surface area contributed by atoms with Crippen LogP contribution < -0.4 is 0 Å². The summed E-state index contributed by atoms with van der Waals surface area (Å²) in [5.41, 5.74) is 1.05. The van der Waals surface area contributed by atoms with Crippen molar-refractivity contribution >= 4 is 20.0 Å². The maximum atomic E-state index is 12.8. The Balaban J connectivity index is 0.00000356. The minimum absolute atomic E-state index is 0.0237. The first-order chi connectivity index (χ1) is 21.2. The number of hydrogen-bond acceptors (Lipinski definition) is 6. The molecule has 0 radical (unpaired) electrons. The fourth-order valence-electron chi connectivity index (χ4n) is 5.03. The van der Waals surface area contributed by atoms with E-state index in [-0.39, 0.29) is 11.5 Å². The average Bonchev–Trinajstić information content (AvgIpc) is 2.94. The molecule has 10 heteroatoms. The van der Waals surface area contributed by atoms with Crippen molar-refractivity contribution in [2.75, 3.05) is 58.7 Å². The van der Waals surface area contributed by atoms with Crippen LogP contribution in [0.3, 0.4) is 0 Å². The zero-order valence-corrected chi connectivity index (χ0v) is 31.0. The van der Waals surface area contributed by atoms with Gasteiger partial charge in [-0.05, 0) is 12.0 Å². The lowest BCUT2D eigenvalue weighted by molar-refractivity contribution is -0.870. The molecule has 0 fully saturated rings. The summed E-state index contributed by atoms with van der Waals surface area (Å²) in [4.78, 5) is 0. The topological polar surface area (TPSA) is 107 Å². The predicted molar refractivity (Wildman–Crippen MR) is 189 cm³/mol. The van der Waals surface area contributed by atoms with Gasteiger partial charge in [-0.15, -0.1) is 0 Å². The van der Waals surface area contributed by atoms with Crippen molar-refractivity contribution in [1.29, 1.82) is 0 Å². The maximum Gasteiger partial charge on any atom is 0.261 e. The largest absolute Gasteiger partial charge is 0.379 e. The van der Waals surface area contributed by atoms with E-state index in [0.717, 1.165) is 23.0 Å². The van der Waals surface area contributed by atoms with Gasteiger partial charge < -0.3 is 14.0 Å². The minimum atomic E-state index is -3.67. The zero-order valence-electron chi connectivity index (χ0n) is 29.4. The van der Waals surface area contributed by atoms with Crippen LogP contribution in [0.25, 0.3) is 0 Å². The molecule has 0 bridgehead atoms. The van der Waals surface area contributed by atoms with E-state index in [0.29, 0.717) is 32.5 Å². The summed E-state index contributed by atoms with van der Waals surface area (Å²) in [5, 5.41) is 0. The molecule has 0 saturated heterocycles. The SMILES string of the molecule is CCCCCCCCCCCCCCCCCCOCC(CS(=O)(=O)CCC[N+](C)(C)C)OCc1ccccc1.CS(=O)(=O)O. The number of benzene rings is 1. The smallest absolute Gasteiger partial charge is 0.261 e. The summed E-state index contributed by atoms with van der Waals surface area (Å²) < 4.78 is 64.2. The van der Waals surface area contributed by atoms with Crippen molar-refractivity contribution in [3.8, 4) is 0 Å². The molecule has 0 spiro atoms. The minimum Gasteiger partial charge on any atom is -0.379 e. The van der Waals surface area contributed by atoms with Crippen LogP contribution >= 0.6 is 0 Å². The summed E-state index contributed by atoms with van der Waals surface area (Å²) in [5.74, 6) is 0.225. The Kier molecular flexibility index (Phi) is 26.3. The fourth-order valence-corrected chi connectivity index (χ4v) is 6.52. The average molecular weight is 679 g/mol. The molecule has 1 N–H and O–H groups in total. The summed E-state index contributed by atoms with van der Waals surface area (Å²) in [6.07, 6.45) is 22.5. The number of unbranched alkanes of at least 4 members (excludes halogenated alkanes) is 15. The van der Waals surface area contributed by atoms with Gasteiger partial charge in [0.25, 0.3) is 10.1 Å². The van der Waals surface area contributed by atoms with Gasteiger partial charge in [0, 0.05) is 13.0 Å². The summed E-state index contributed by atoms with van der Waals surface area (Å²) in [7, 11) is -0.599. The van der Waals surface area contributed by atoms with Gasteiger partial charge in [-0.1, -0.05) is 134 Å². The van der Waals surface area contributed by atoms with E-state index in [1.807, 2.05) is 30.3 Å². The van der Waals surface area contributed by atoms with E-state index in [4.69, 9.17) is 14.0 Å². The highest BCUT2D eigenvalue weighted by Gasteiger charge is 2.21. The highest BCUT2D eigenvalue weighted by Crippen LogP contribution is 2.14. The number of nitrogens with zero attached hydrogens (tertiary/aromatic N) is 1. The molecule has 1 rings (SSSR count). The van der Waals surface area contributed by atoms with Crippen molar-refractivity contribution in [2.24, 2.45) is 0 Å². The third-order valence-electron chi connectivity index (χ3n) is 7.50. The zero-order chi connectivity index (χ0) is 33.9. The normalized spacial score (nSPS) is 12.9. The number of rotatable bonds is 28. The Labute approximate surface area is 277 Å². The lowest BCUT2D eigenvalue weighted by Gasteiger charge is -2.24. The molecule has 0 heterocycles. The molecular weight excluding hydrogens is 611 g/mol. The van der Waals surface area contributed by atoms with Crippen LogP contribution in [-0.4, -0.2) is 90.6 Å². The van der Waals surface area contributed by atoms with E-state index in [9.17, 15) is 16.8 Å². The Hall–Kier alpha value is -1.04. The van der Waals surface area contributed by atoms with Crippen molar-refractivity contribution in [1.82, 2.24) is 0 Å². The predicted octanol–water partition coefficient (Wildman–Crippen LogP) is 7.87. The van der Waals surface area contributed by atoms with Crippen molar-refractivity contribution in [2.45, 2.75) is 129 Å². The Morgan fingerprint density at radius 1 is 0.711 bits per heavy atom. The van der Waals surface area contributed by atoms with Crippen molar-refractivity contribution in [3.05, 3.63) is 35.9 Å².